The monoisotopic (exact) mass is 395 g/mol. The fraction of sp³-hybridized carbons (Fsp3) is 0.235. The van der Waals surface area contributed by atoms with E-state index in [1.54, 1.807) is 0 Å². The summed E-state index contributed by atoms with van der Waals surface area (Å²) >= 11 is 0. The molecule has 0 fully saturated rings. The van der Waals surface area contributed by atoms with E-state index in [2.05, 4.69) is 4.72 Å². The van der Waals surface area contributed by atoms with Crippen LogP contribution in [-0.2, 0) is 10.0 Å². The van der Waals surface area contributed by atoms with Gasteiger partial charge in [0.1, 0.15) is 13.2 Å². The van der Waals surface area contributed by atoms with Gasteiger partial charge in [-0.3, -0.25) is 4.72 Å². The van der Waals surface area contributed by atoms with Gasteiger partial charge in [0.25, 0.3) is 10.0 Å². The van der Waals surface area contributed by atoms with Gasteiger partial charge in [-0.25, -0.2) is 13.2 Å². The van der Waals surface area contributed by atoms with Crippen LogP contribution >= 0.6 is 0 Å². The van der Waals surface area contributed by atoms with Crippen LogP contribution in [-0.4, -0.2) is 46.9 Å². The van der Waals surface area contributed by atoms with Crippen LogP contribution < -0.4 is 23.7 Å². The Bertz CT molecular complexity index is 987. The van der Waals surface area contributed by atoms with Gasteiger partial charge in [0.2, 0.25) is 0 Å². The summed E-state index contributed by atoms with van der Waals surface area (Å²) in [6, 6.07) is 6.55. The van der Waals surface area contributed by atoms with Crippen molar-refractivity contribution in [2.45, 2.75) is 4.90 Å². The second kappa shape index (κ2) is 7.23. The van der Waals surface area contributed by atoms with Crippen LogP contribution in [0, 0.1) is 0 Å². The van der Waals surface area contributed by atoms with Gasteiger partial charge in [-0.2, -0.15) is 0 Å². The molecule has 144 valence electrons. The molecule has 0 radical (unpaired) electrons. The SMILES string of the molecule is COc1ccc(S(=O)(=O)Nc2cc3c(cc2C(=O)O)OCCO3)cc1OC. The van der Waals surface area contributed by atoms with E-state index in [0.717, 1.165) is 0 Å². The van der Waals surface area contributed by atoms with Gasteiger partial charge in [0.15, 0.2) is 23.0 Å². The molecule has 0 saturated heterocycles. The molecule has 10 heteroatoms. The molecule has 2 N–H and O–H groups in total. The first kappa shape index (κ1) is 18.6. The standard InChI is InChI=1S/C17H17NO8S/c1-23-13-4-3-10(7-14(13)24-2)27(21,22)18-12-9-16-15(25-5-6-26-16)8-11(12)17(19)20/h3-4,7-9,18H,5-6H2,1-2H3,(H,19,20). The van der Waals surface area contributed by atoms with Gasteiger partial charge in [0.05, 0.1) is 30.4 Å². The van der Waals surface area contributed by atoms with Crippen LogP contribution in [0.3, 0.4) is 0 Å². The Balaban J connectivity index is 2.02. The molecule has 0 aromatic heterocycles. The van der Waals surface area contributed by atoms with Gasteiger partial charge in [0, 0.05) is 18.2 Å². The Morgan fingerprint density at radius 3 is 2.26 bits per heavy atom. The van der Waals surface area contributed by atoms with Gasteiger partial charge in [-0.15, -0.1) is 0 Å². The summed E-state index contributed by atoms with van der Waals surface area (Å²) in [5.74, 6) is -0.219. The highest BCUT2D eigenvalue weighted by Gasteiger charge is 2.24. The molecular formula is C17H17NO8S. The molecule has 1 aliphatic rings. The van der Waals surface area contributed by atoms with Crippen LogP contribution in [0.25, 0.3) is 0 Å². The summed E-state index contributed by atoms with van der Waals surface area (Å²) in [6.07, 6.45) is 0. The third kappa shape index (κ3) is 3.70. The summed E-state index contributed by atoms with van der Waals surface area (Å²) in [5, 5.41) is 9.42. The molecule has 0 saturated carbocycles. The lowest BCUT2D eigenvalue weighted by Crippen LogP contribution is -2.19. The average molecular weight is 395 g/mol. The number of hydrogen-bond donors (Lipinski definition) is 2. The third-order valence-electron chi connectivity index (χ3n) is 3.82. The molecule has 2 aromatic rings. The number of rotatable bonds is 6. The largest absolute Gasteiger partial charge is 0.493 e. The maximum Gasteiger partial charge on any atom is 0.337 e. The quantitative estimate of drug-likeness (QED) is 0.762. The molecule has 1 aliphatic heterocycles. The van der Waals surface area contributed by atoms with E-state index < -0.39 is 16.0 Å². The van der Waals surface area contributed by atoms with Crippen LogP contribution in [0.5, 0.6) is 23.0 Å². The van der Waals surface area contributed by atoms with Gasteiger partial charge in [-0.05, 0) is 12.1 Å². The second-order valence-corrected chi connectivity index (χ2v) is 7.15. The van der Waals surface area contributed by atoms with Crippen LogP contribution in [0.4, 0.5) is 5.69 Å². The van der Waals surface area contributed by atoms with Crippen molar-refractivity contribution in [1.82, 2.24) is 0 Å². The number of benzene rings is 2. The van der Waals surface area contributed by atoms with Crippen LogP contribution in [0.15, 0.2) is 35.2 Å². The van der Waals surface area contributed by atoms with E-state index in [-0.39, 0.29) is 46.6 Å². The van der Waals surface area contributed by atoms with E-state index in [4.69, 9.17) is 18.9 Å². The predicted molar refractivity (Wildman–Crippen MR) is 94.7 cm³/mol. The van der Waals surface area contributed by atoms with Crippen molar-refractivity contribution < 1.29 is 37.3 Å². The molecule has 9 nitrogen and oxygen atoms in total. The number of fused-ring (bicyclic) bond motifs is 1. The molecule has 0 spiro atoms. The van der Waals surface area contributed by atoms with Crippen molar-refractivity contribution in [2.24, 2.45) is 0 Å². The highest BCUT2D eigenvalue weighted by atomic mass is 32.2. The first-order valence-corrected chi connectivity index (χ1v) is 9.26. The average Bonchev–Trinajstić information content (AvgIpc) is 2.66. The normalized spacial score (nSPS) is 13.0. The first-order chi connectivity index (χ1) is 12.9. The Hall–Kier alpha value is -3.14. The van der Waals surface area contributed by atoms with Crippen molar-refractivity contribution in [2.75, 3.05) is 32.2 Å². The molecule has 2 aromatic carbocycles. The maximum atomic E-state index is 12.7. The van der Waals surface area contributed by atoms with E-state index in [1.165, 1.54) is 44.6 Å². The highest BCUT2D eigenvalue weighted by molar-refractivity contribution is 7.92. The zero-order chi connectivity index (χ0) is 19.6. The number of carboxylic acid groups (broad SMARTS) is 1. The Morgan fingerprint density at radius 2 is 1.67 bits per heavy atom. The number of methoxy groups -OCH3 is 2. The fourth-order valence-electron chi connectivity index (χ4n) is 2.54. The number of ether oxygens (including phenoxy) is 4. The molecule has 0 unspecified atom stereocenters. The molecule has 3 rings (SSSR count). The van der Waals surface area contributed by atoms with E-state index in [1.807, 2.05) is 0 Å². The minimum absolute atomic E-state index is 0.119. The molecule has 0 aliphatic carbocycles. The van der Waals surface area contributed by atoms with Gasteiger partial charge < -0.3 is 24.1 Å². The van der Waals surface area contributed by atoms with Crippen LogP contribution in [0.2, 0.25) is 0 Å². The minimum atomic E-state index is -4.10. The molecule has 27 heavy (non-hydrogen) atoms. The Kier molecular flexibility index (Phi) is 5.00. The number of carboxylic acids is 1. The summed E-state index contributed by atoms with van der Waals surface area (Å²) in [5.41, 5.74) is -0.398. The zero-order valence-corrected chi connectivity index (χ0v) is 15.3. The van der Waals surface area contributed by atoms with Crippen molar-refractivity contribution in [3.8, 4) is 23.0 Å². The lowest BCUT2D eigenvalue weighted by Gasteiger charge is -2.20. The van der Waals surface area contributed by atoms with E-state index in [9.17, 15) is 18.3 Å². The highest BCUT2D eigenvalue weighted by Crippen LogP contribution is 2.37. The van der Waals surface area contributed by atoms with Crippen molar-refractivity contribution >= 4 is 21.7 Å². The topological polar surface area (TPSA) is 120 Å². The number of hydrogen-bond acceptors (Lipinski definition) is 7. The van der Waals surface area contributed by atoms with Crippen molar-refractivity contribution in [3.63, 3.8) is 0 Å². The third-order valence-corrected chi connectivity index (χ3v) is 5.19. The summed E-state index contributed by atoms with van der Waals surface area (Å²) in [6.45, 7) is 0.560. The lowest BCUT2D eigenvalue weighted by molar-refractivity contribution is 0.0697. The lowest BCUT2D eigenvalue weighted by atomic mass is 10.1. The second-order valence-electron chi connectivity index (χ2n) is 5.47. The van der Waals surface area contributed by atoms with Crippen LogP contribution in [0.1, 0.15) is 10.4 Å². The minimum Gasteiger partial charge on any atom is -0.493 e. The zero-order valence-electron chi connectivity index (χ0n) is 14.5. The smallest absolute Gasteiger partial charge is 0.337 e. The Labute approximate surface area is 155 Å². The van der Waals surface area contributed by atoms with E-state index in [0.29, 0.717) is 5.75 Å². The number of nitrogens with one attached hydrogen (secondary N) is 1. The number of aromatic carboxylic acids is 1. The summed E-state index contributed by atoms with van der Waals surface area (Å²) in [4.78, 5) is 11.4. The molecule has 0 amide bonds. The number of anilines is 1. The molecule has 1 heterocycles. The molecule has 0 atom stereocenters. The predicted octanol–water partition coefficient (Wildman–Crippen LogP) is 1.97. The Morgan fingerprint density at radius 1 is 1.04 bits per heavy atom. The molecule has 0 bridgehead atoms. The molecular weight excluding hydrogens is 378 g/mol. The summed E-state index contributed by atoms with van der Waals surface area (Å²) in [7, 11) is -1.29. The number of carbonyl (C=O) groups is 1. The van der Waals surface area contributed by atoms with Crippen molar-refractivity contribution in [1.29, 1.82) is 0 Å². The van der Waals surface area contributed by atoms with Gasteiger partial charge >= 0.3 is 5.97 Å². The number of sulfonamides is 1. The fourth-order valence-corrected chi connectivity index (χ4v) is 3.62. The summed E-state index contributed by atoms with van der Waals surface area (Å²) < 4.78 is 48.7. The first-order valence-electron chi connectivity index (χ1n) is 7.77. The van der Waals surface area contributed by atoms with E-state index >= 15 is 0 Å². The van der Waals surface area contributed by atoms with Gasteiger partial charge in [-0.1, -0.05) is 0 Å². The maximum absolute atomic E-state index is 12.7. The van der Waals surface area contributed by atoms with Crippen molar-refractivity contribution in [3.05, 3.63) is 35.9 Å².